The van der Waals surface area contributed by atoms with Crippen molar-refractivity contribution in [2.45, 2.75) is 52.5 Å². The zero-order valence-electron chi connectivity index (χ0n) is 11.0. The summed E-state index contributed by atoms with van der Waals surface area (Å²) in [5.74, 6) is 0.687. The van der Waals surface area contributed by atoms with E-state index < -0.39 is 6.10 Å². The van der Waals surface area contributed by atoms with Crippen LogP contribution in [0.4, 0.5) is 0 Å². The fourth-order valence-electron chi connectivity index (χ4n) is 1.21. The number of ether oxygens (including phenoxy) is 1. The van der Waals surface area contributed by atoms with Gasteiger partial charge in [0.2, 0.25) is 0 Å². The van der Waals surface area contributed by atoms with Gasteiger partial charge < -0.3 is 15.2 Å². The number of aliphatic hydroxyl groups excluding tert-OH is 1. The molecule has 2 N–H and O–H groups in total. The van der Waals surface area contributed by atoms with E-state index in [1.165, 1.54) is 0 Å². The van der Waals surface area contributed by atoms with Crippen LogP contribution < -0.4 is 10.1 Å². The molecule has 0 amide bonds. The van der Waals surface area contributed by atoms with Crippen molar-refractivity contribution < 1.29 is 9.84 Å². The van der Waals surface area contributed by atoms with E-state index in [9.17, 15) is 5.11 Å². The summed E-state index contributed by atoms with van der Waals surface area (Å²) in [6.07, 6.45) is 0.977. The van der Waals surface area contributed by atoms with Crippen molar-refractivity contribution in [1.29, 1.82) is 0 Å². The Hall–Kier alpha value is -1.13. The number of aliphatic hydroxyl groups is 1. The Balaban J connectivity index is 2.50. The first kappa shape index (κ1) is 13.9. The van der Waals surface area contributed by atoms with Gasteiger partial charge in [0, 0.05) is 12.6 Å². The molecule has 0 saturated carbocycles. The monoisotopic (exact) mass is 238 g/mol. The minimum atomic E-state index is -0.489. The average molecular weight is 238 g/mol. The molecule has 0 fully saturated rings. The Morgan fingerprint density at radius 2 is 2.00 bits per heavy atom. The molecule has 2 atom stereocenters. The Kier molecular flexibility index (Phi) is 5.38. The predicted molar refractivity (Wildman–Crippen MR) is 68.0 cm³/mol. The number of hydrogen-bond acceptors (Lipinski definition) is 4. The van der Waals surface area contributed by atoms with Crippen molar-refractivity contribution >= 4 is 0 Å². The zero-order chi connectivity index (χ0) is 12.8. The second kappa shape index (κ2) is 6.57. The Bertz CT molecular complexity index is 323. The van der Waals surface area contributed by atoms with Crippen LogP contribution in [0, 0.1) is 0 Å². The number of nitrogens with zero attached hydrogens (tertiary/aromatic N) is 1. The van der Waals surface area contributed by atoms with E-state index in [1.54, 1.807) is 13.1 Å². The summed E-state index contributed by atoms with van der Waals surface area (Å²) in [6.45, 7) is 8.49. The third-order valence-corrected chi connectivity index (χ3v) is 2.49. The number of hydrogen-bond donors (Lipinski definition) is 2. The van der Waals surface area contributed by atoms with Crippen LogP contribution in [0.5, 0.6) is 5.75 Å². The van der Waals surface area contributed by atoms with Crippen LogP contribution in [0.1, 0.15) is 33.4 Å². The van der Waals surface area contributed by atoms with E-state index >= 15 is 0 Å². The smallest absolute Gasteiger partial charge is 0.138 e. The second-order valence-electron chi connectivity index (χ2n) is 4.58. The lowest BCUT2D eigenvalue weighted by atomic mass is 10.2. The predicted octanol–water partition coefficient (Wildman–Crippen LogP) is 1.73. The molecule has 0 aromatic carbocycles. The third-order valence-electron chi connectivity index (χ3n) is 2.49. The van der Waals surface area contributed by atoms with Crippen LogP contribution >= 0.6 is 0 Å². The van der Waals surface area contributed by atoms with Gasteiger partial charge in [-0.05, 0) is 26.0 Å². The van der Waals surface area contributed by atoms with Crippen molar-refractivity contribution in [2.75, 3.05) is 0 Å². The fourth-order valence-corrected chi connectivity index (χ4v) is 1.21. The molecule has 1 aromatic rings. The molecule has 96 valence electrons. The van der Waals surface area contributed by atoms with Crippen molar-refractivity contribution in [3.63, 3.8) is 0 Å². The van der Waals surface area contributed by atoms with E-state index in [-0.39, 0.29) is 6.10 Å². The van der Waals surface area contributed by atoms with Crippen molar-refractivity contribution in [2.24, 2.45) is 0 Å². The summed E-state index contributed by atoms with van der Waals surface area (Å²) in [4.78, 5) is 4.29. The summed E-state index contributed by atoms with van der Waals surface area (Å²) in [5.41, 5.74) is 0.982. The van der Waals surface area contributed by atoms with Crippen molar-refractivity contribution in [1.82, 2.24) is 10.3 Å². The highest BCUT2D eigenvalue weighted by Crippen LogP contribution is 2.12. The van der Waals surface area contributed by atoms with Crippen LogP contribution in [-0.4, -0.2) is 28.3 Å². The van der Waals surface area contributed by atoms with Gasteiger partial charge in [-0.2, -0.15) is 0 Å². The number of pyridine rings is 1. The molecular formula is C13H22N2O2. The number of rotatable bonds is 6. The van der Waals surface area contributed by atoms with Crippen LogP contribution in [-0.2, 0) is 6.54 Å². The van der Waals surface area contributed by atoms with E-state index in [2.05, 4.69) is 24.1 Å². The van der Waals surface area contributed by atoms with Gasteiger partial charge in [0.05, 0.1) is 18.0 Å². The lowest BCUT2D eigenvalue weighted by Crippen LogP contribution is -2.25. The van der Waals surface area contributed by atoms with E-state index in [0.717, 1.165) is 12.2 Å². The second-order valence-corrected chi connectivity index (χ2v) is 4.58. The van der Waals surface area contributed by atoms with Gasteiger partial charge in [-0.15, -0.1) is 0 Å². The first-order valence-corrected chi connectivity index (χ1v) is 6.02. The molecule has 0 aliphatic rings. The molecule has 1 aromatic heterocycles. The largest absolute Gasteiger partial charge is 0.486 e. The maximum Gasteiger partial charge on any atom is 0.138 e. The number of aromatic nitrogens is 1. The van der Waals surface area contributed by atoms with Gasteiger partial charge in [-0.25, -0.2) is 0 Å². The molecule has 0 aliphatic heterocycles. The molecule has 4 heteroatoms. The van der Waals surface area contributed by atoms with Crippen molar-refractivity contribution in [3.8, 4) is 5.75 Å². The molecule has 0 aliphatic carbocycles. The Morgan fingerprint density at radius 3 is 2.47 bits per heavy atom. The van der Waals surface area contributed by atoms with Gasteiger partial charge in [-0.1, -0.05) is 13.8 Å². The maximum atomic E-state index is 9.33. The lowest BCUT2D eigenvalue weighted by Gasteiger charge is -2.17. The average Bonchev–Trinajstić information content (AvgIpc) is 2.28. The zero-order valence-corrected chi connectivity index (χ0v) is 11.0. The molecule has 4 nitrogen and oxygen atoms in total. The summed E-state index contributed by atoms with van der Waals surface area (Å²) in [6, 6.07) is 4.26. The molecule has 0 bridgehead atoms. The molecule has 0 spiro atoms. The van der Waals surface area contributed by atoms with E-state index in [1.807, 2.05) is 19.1 Å². The van der Waals surface area contributed by atoms with Gasteiger partial charge in [0.1, 0.15) is 11.9 Å². The summed E-state index contributed by atoms with van der Waals surface area (Å²) >= 11 is 0. The van der Waals surface area contributed by atoms with E-state index in [4.69, 9.17) is 4.74 Å². The van der Waals surface area contributed by atoms with Gasteiger partial charge in [0.15, 0.2) is 0 Å². The normalized spacial score (nSPS) is 14.7. The fraction of sp³-hybridized carbons (Fsp3) is 0.615. The van der Waals surface area contributed by atoms with Crippen LogP contribution in [0.3, 0.4) is 0 Å². The van der Waals surface area contributed by atoms with E-state index in [0.29, 0.717) is 11.8 Å². The molecule has 2 unspecified atom stereocenters. The third kappa shape index (κ3) is 5.15. The SMILES string of the molecule is CC(C)NCc1ccc(OC(C)C(C)O)cn1. The highest BCUT2D eigenvalue weighted by Gasteiger charge is 2.10. The summed E-state index contributed by atoms with van der Waals surface area (Å²) < 4.78 is 5.52. The minimum Gasteiger partial charge on any atom is -0.486 e. The molecule has 0 saturated heterocycles. The van der Waals surface area contributed by atoms with Crippen LogP contribution in [0.2, 0.25) is 0 Å². The molecule has 1 heterocycles. The molecular weight excluding hydrogens is 216 g/mol. The first-order valence-electron chi connectivity index (χ1n) is 6.02. The quantitative estimate of drug-likeness (QED) is 0.792. The standard InChI is InChI=1S/C13H22N2O2/c1-9(2)14-7-12-5-6-13(8-15-12)17-11(4)10(3)16/h5-6,8-11,14,16H,7H2,1-4H3. The van der Waals surface area contributed by atoms with Crippen LogP contribution in [0.25, 0.3) is 0 Å². The van der Waals surface area contributed by atoms with Crippen LogP contribution in [0.15, 0.2) is 18.3 Å². The van der Waals surface area contributed by atoms with Gasteiger partial charge in [-0.3, -0.25) is 4.98 Å². The van der Waals surface area contributed by atoms with Gasteiger partial charge in [0.25, 0.3) is 0 Å². The molecule has 0 radical (unpaired) electrons. The first-order chi connectivity index (χ1) is 7.99. The summed E-state index contributed by atoms with van der Waals surface area (Å²) in [5, 5.41) is 12.6. The lowest BCUT2D eigenvalue weighted by molar-refractivity contribution is 0.0602. The molecule has 1 rings (SSSR count). The highest BCUT2D eigenvalue weighted by molar-refractivity contribution is 5.20. The Morgan fingerprint density at radius 1 is 1.29 bits per heavy atom. The minimum absolute atomic E-state index is 0.226. The molecule has 17 heavy (non-hydrogen) atoms. The van der Waals surface area contributed by atoms with Gasteiger partial charge >= 0.3 is 0 Å². The maximum absolute atomic E-state index is 9.33. The number of nitrogens with one attached hydrogen (secondary N) is 1. The Labute approximate surface area is 103 Å². The topological polar surface area (TPSA) is 54.4 Å². The summed E-state index contributed by atoms with van der Waals surface area (Å²) in [7, 11) is 0. The van der Waals surface area contributed by atoms with Crippen molar-refractivity contribution in [3.05, 3.63) is 24.0 Å². The highest BCUT2D eigenvalue weighted by atomic mass is 16.5.